The maximum atomic E-state index is 13.8. The normalized spacial score (nSPS) is 9.68. The first-order valence-corrected chi connectivity index (χ1v) is 8.27. The number of thioether (sulfide) groups is 1. The Bertz CT molecular complexity index is 596. The van der Waals surface area contributed by atoms with Gasteiger partial charge in [-0.1, -0.05) is 17.7 Å². The summed E-state index contributed by atoms with van der Waals surface area (Å²) in [5, 5.41) is 3.79. The molecule has 0 saturated heterocycles. The Kier molecular flexibility index (Phi) is 8.21. The minimum absolute atomic E-state index is 0.337. The molecule has 0 bridgehead atoms. The number of nitrogens with zero attached hydrogens (tertiary/aromatic N) is 1. The first-order valence-electron chi connectivity index (χ1n) is 6.02. The molecule has 2 aromatic rings. The van der Waals surface area contributed by atoms with E-state index in [1.54, 1.807) is 29.9 Å². The highest BCUT2D eigenvalue weighted by atomic mass is 35.5. The number of rotatable bonds is 5. The van der Waals surface area contributed by atoms with Crippen molar-refractivity contribution >= 4 is 46.8 Å². The van der Waals surface area contributed by atoms with Gasteiger partial charge in [-0.2, -0.15) is 0 Å². The average molecular weight is 363 g/mol. The van der Waals surface area contributed by atoms with Gasteiger partial charge in [0.05, 0.1) is 9.92 Å². The third kappa shape index (κ3) is 5.47. The molecule has 0 radical (unpaired) electrons. The summed E-state index contributed by atoms with van der Waals surface area (Å²) in [7, 11) is 1.60. The Balaban J connectivity index is 0.000000541. The molecule has 1 heterocycles. The van der Waals surface area contributed by atoms with Crippen molar-refractivity contribution in [1.82, 2.24) is 5.43 Å². The second kappa shape index (κ2) is 9.65. The van der Waals surface area contributed by atoms with E-state index in [0.717, 1.165) is 5.75 Å². The second-order valence-corrected chi connectivity index (χ2v) is 6.40. The summed E-state index contributed by atoms with van der Waals surface area (Å²) in [4.78, 5) is 10.8. The Morgan fingerprint density at radius 3 is 2.68 bits per heavy atom. The van der Waals surface area contributed by atoms with Crippen LogP contribution in [0.4, 0.5) is 10.1 Å². The lowest BCUT2D eigenvalue weighted by molar-refractivity contribution is -0.109. The van der Waals surface area contributed by atoms with Crippen molar-refractivity contribution in [1.29, 1.82) is 0 Å². The van der Waals surface area contributed by atoms with Gasteiger partial charge >= 0.3 is 0 Å². The number of amides is 1. The van der Waals surface area contributed by atoms with E-state index < -0.39 is 0 Å². The third-order valence-electron chi connectivity index (χ3n) is 2.39. The standard InChI is InChI=1S/C12H12ClFN2S2.CH4N2O/c1-16(15)11-10(14)5-4-9(13)12(11)18-7-8-3-2-6-17-8;2-3-1-4/h2-6H,7,15H2,1H3;1H,2H2,(H,3,4). The van der Waals surface area contributed by atoms with Crippen molar-refractivity contribution < 1.29 is 9.18 Å². The Labute approximate surface area is 141 Å². The zero-order valence-corrected chi connectivity index (χ0v) is 14.1. The van der Waals surface area contributed by atoms with E-state index in [0.29, 0.717) is 22.0 Å². The maximum absolute atomic E-state index is 13.8. The number of benzene rings is 1. The molecule has 2 rings (SSSR count). The van der Waals surface area contributed by atoms with Crippen molar-refractivity contribution in [3.63, 3.8) is 0 Å². The van der Waals surface area contributed by atoms with Crippen molar-refractivity contribution in [3.8, 4) is 0 Å². The Hall–Kier alpha value is -1.32. The summed E-state index contributed by atoms with van der Waals surface area (Å²) in [6.07, 6.45) is 0.403. The predicted molar refractivity (Wildman–Crippen MR) is 91.3 cm³/mol. The van der Waals surface area contributed by atoms with Crippen LogP contribution >= 0.6 is 34.7 Å². The predicted octanol–water partition coefficient (Wildman–Crippen LogP) is 2.75. The van der Waals surface area contributed by atoms with Crippen LogP contribution in [-0.4, -0.2) is 13.5 Å². The molecule has 0 aliphatic rings. The second-order valence-electron chi connectivity index (χ2n) is 3.97. The van der Waals surface area contributed by atoms with E-state index in [-0.39, 0.29) is 5.82 Å². The highest BCUT2D eigenvalue weighted by Gasteiger charge is 2.15. The molecular weight excluding hydrogens is 347 g/mol. The highest BCUT2D eigenvalue weighted by molar-refractivity contribution is 7.99. The van der Waals surface area contributed by atoms with Gasteiger partial charge in [0.2, 0.25) is 6.41 Å². The molecule has 22 heavy (non-hydrogen) atoms. The van der Waals surface area contributed by atoms with Crippen LogP contribution in [0.1, 0.15) is 4.88 Å². The quantitative estimate of drug-likeness (QED) is 0.250. The number of hydrogen-bond acceptors (Lipinski definition) is 6. The number of carbonyl (C=O) groups is 1. The molecule has 5 N–H and O–H groups in total. The molecule has 5 nitrogen and oxygen atoms in total. The number of anilines is 1. The molecule has 0 saturated carbocycles. The van der Waals surface area contributed by atoms with E-state index in [9.17, 15) is 4.39 Å². The summed E-state index contributed by atoms with van der Waals surface area (Å²) in [6, 6.07) is 6.91. The fraction of sp³-hybridized carbons (Fsp3) is 0.154. The topological polar surface area (TPSA) is 84.4 Å². The zero-order valence-electron chi connectivity index (χ0n) is 11.8. The molecule has 0 unspecified atom stereocenters. The van der Waals surface area contributed by atoms with Crippen molar-refractivity contribution in [3.05, 3.63) is 45.4 Å². The number of carbonyl (C=O) groups excluding carboxylic acids is 1. The number of halogens is 2. The summed E-state index contributed by atoms with van der Waals surface area (Å²) >= 11 is 9.27. The van der Waals surface area contributed by atoms with Crippen LogP contribution < -0.4 is 22.1 Å². The molecule has 0 atom stereocenters. The monoisotopic (exact) mass is 362 g/mol. The summed E-state index contributed by atoms with van der Waals surface area (Å²) in [5.41, 5.74) is 2.09. The zero-order chi connectivity index (χ0) is 16.5. The van der Waals surface area contributed by atoms with Crippen LogP contribution in [0, 0.1) is 5.82 Å². The summed E-state index contributed by atoms with van der Waals surface area (Å²) in [6.45, 7) is 0. The van der Waals surface area contributed by atoms with Gasteiger partial charge in [-0.3, -0.25) is 10.2 Å². The van der Waals surface area contributed by atoms with E-state index >= 15 is 0 Å². The van der Waals surface area contributed by atoms with Crippen LogP contribution in [-0.2, 0) is 10.5 Å². The van der Waals surface area contributed by atoms with Crippen LogP contribution in [0.5, 0.6) is 0 Å². The van der Waals surface area contributed by atoms with Gasteiger partial charge in [-0.05, 0) is 23.6 Å². The van der Waals surface area contributed by atoms with Gasteiger partial charge in [0.25, 0.3) is 0 Å². The third-order valence-corrected chi connectivity index (χ3v) is 5.04. The highest BCUT2D eigenvalue weighted by Crippen LogP contribution is 2.39. The van der Waals surface area contributed by atoms with Crippen LogP contribution in [0.3, 0.4) is 0 Å². The number of hydrogen-bond donors (Lipinski definition) is 3. The lowest BCUT2D eigenvalue weighted by atomic mass is 10.3. The van der Waals surface area contributed by atoms with Crippen molar-refractivity contribution in [2.24, 2.45) is 11.7 Å². The fourth-order valence-electron chi connectivity index (χ4n) is 1.53. The molecule has 1 aromatic heterocycles. The maximum Gasteiger partial charge on any atom is 0.221 e. The number of nitrogens with two attached hydrogens (primary N) is 2. The first-order chi connectivity index (χ1) is 10.5. The molecule has 0 spiro atoms. The van der Waals surface area contributed by atoms with Crippen LogP contribution in [0.2, 0.25) is 5.02 Å². The number of nitrogens with one attached hydrogen (secondary N) is 1. The van der Waals surface area contributed by atoms with Crippen LogP contribution in [0.15, 0.2) is 34.5 Å². The van der Waals surface area contributed by atoms with E-state index in [1.807, 2.05) is 17.5 Å². The first kappa shape index (κ1) is 18.7. The molecule has 120 valence electrons. The summed E-state index contributed by atoms with van der Waals surface area (Å²) < 4.78 is 13.8. The van der Waals surface area contributed by atoms with Gasteiger partial charge in [-0.25, -0.2) is 16.1 Å². The largest absolute Gasteiger partial charge is 0.310 e. The summed E-state index contributed by atoms with van der Waals surface area (Å²) in [5.74, 6) is 10.5. The van der Waals surface area contributed by atoms with Crippen molar-refractivity contribution in [2.45, 2.75) is 10.6 Å². The van der Waals surface area contributed by atoms with Gasteiger partial charge in [-0.15, -0.1) is 23.1 Å². The van der Waals surface area contributed by atoms with Gasteiger partial charge in [0, 0.05) is 17.7 Å². The fourth-order valence-corrected chi connectivity index (χ4v) is 3.75. The smallest absolute Gasteiger partial charge is 0.221 e. The number of thiophene rings is 1. The molecule has 0 fully saturated rings. The lowest BCUT2D eigenvalue weighted by Crippen LogP contribution is -2.26. The van der Waals surface area contributed by atoms with Crippen LogP contribution in [0.25, 0.3) is 0 Å². The van der Waals surface area contributed by atoms with Crippen molar-refractivity contribution in [2.75, 3.05) is 12.1 Å². The average Bonchev–Trinajstić information content (AvgIpc) is 3.01. The van der Waals surface area contributed by atoms with E-state index in [4.69, 9.17) is 22.2 Å². The SMILES string of the molecule is CN(N)c1c(F)ccc(Cl)c1SCc1cccs1.NNC=O. The van der Waals surface area contributed by atoms with Gasteiger partial charge in [0.1, 0.15) is 11.5 Å². The van der Waals surface area contributed by atoms with Gasteiger partial charge < -0.3 is 5.01 Å². The lowest BCUT2D eigenvalue weighted by Gasteiger charge is -2.18. The van der Waals surface area contributed by atoms with E-state index in [2.05, 4.69) is 5.84 Å². The molecular formula is C13H16ClFN4OS2. The number of hydrazine groups is 2. The molecule has 0 aliphatic heterocycles. The molecule has 9 heteroatoms. The van der Waals surface area contributed by atoms with Gasteiger partial charge in [0.15, 0.2) is 0 Å². The Morgan fingerprint density at radius 2 is 2.18 bits per heavy atom. The Morgan fingerprint density at radius 1 is 1.50 bits per heavy atom. The molecule has 0 aliphatic carbocycles. The minimum Gasteiger partial charge on any atom is -0.310 e. The molecule has 1 amide bonds. The molecule has 1 aromatic carbocycles. The van der Waals surface area contributed by atoms with E-state index in [1.165, 1.54) is 27.7 Å². The minimum atomic E-state index is -0.363.